The van der Waals surface area contributed by atoms with E-state index >= 15 is 0 Å². The molecule has 146 valence electrons. The van der Waals surface area contributed by atoms with Crippen LogP contribution < -0.4 is 0 Å². The van der Waals surface area contributed by atoms with E-state index in [2.05, 4.69) is 6.92 Å². The molecule has 0 N–H and O–H groups in total. The highest BCUT2D eigenvalue weighted by atomic mass is 19.1. The zero-order valence-corrected chi connectivity index (χ0v) is 15.8. The molecule has 1 aliphatic heterocycles. The van der Waals surface area contributed by atoms with Crippen LogP contribution in [0.5, 0.6) is 0 Å². The molecule has 2 aromatic rings. The van der Waals surface area contributed by atoms with Crippen molar-refractivity contribution < 1.29 is 23.0 Å². The number of rotatable bonds is 7. The number of hydrogen-bond donors (Lipinski definition) is 0. The lowest BCUT2D eigenvalue weighted by Gasteiger charge is -2.30. The molecule has 3 nitrogen and oxygen atoms in total. The Kier molecular flexibility index (Phi) is 6.94. The van der Waals surface area contributed by atoms with Crippen LogP contribution in [-0.4, -0.2) is 20.3 Å². The van der Waals surface area contributed by atoms with Gasteiger partial charge in [-0.2, -0.15) is 0 Å². The Labute approximate surface area is 159 Å². The number of halogens is 2. The van der Waals surface area contributed by atoms with Crippen molar-refractivity contribution in [2.75, 3.05) is 20.3 Å². The van der Waals surface area contributed by atoms with Gasteiger partial charge in [0.15, 0.2) is 6.29 Å². The summed E-state index contributed by atoms with van der Waals surface area (Å²) in [5.41, 5.74) is 1.88. The highest BCUT2D eigenvalue weighted by Gasteiger charge is 2.25. The van der Waals surface area contributed by atoms with Crippen LogP contribution in [0.2, 0.25) is 0 Å². The molecule has 1 fully saturated rings. The van der Waals surface area contributed by atoms with Crippen LogP contribution in [0.3, 0.4) is 0 Å². The van der Waals surface area contributed by atoms with E-state index in [4.69, 9.17) is 14.2 Å². The van der Waals surface area contributed by atoms with Crippen molar-refractivity contribution in [2.45, 2.75) is 39.1 Å². The normalized spacial score (nSPS) is 20.0. The number of unbranched alkanes of at least 4 members (excludes halogenated alkanes) is 1. The SMILES string of the molecule is CCCC[C@H]1CO[C@H](c2ccccc2-c2cc(F)c(COC)c(F)c2)OC1. The maximum absolute atomic E-state index is 14.3. The molecule has 1 aliphatic rings. The molecule has 0 unspecified atom stereocenters. The predicted octanol–water partition coefficient (Wildman–Crippen LogP) is 5.63. The molecule has 0 spiro atoms. The minimum atomic E-state index is -0.619. The highest BCUT2D eigenvalue weighted by Crippen LogP contribution is 2.35. The first-order valence-electron chi connectivity index (χ1n) is 9.43. The summed E-state index contributed by atoms with van der Waals surface area (Å²) in [4.78, 5) is 0. The lowest BCUT2D eigenvalue weighted by atomic mass is 9.97. The summed E-state index contributed by atoms with van der Waals surface area (Å²) in [5, 5.41) is 0. The molecular formula is C22H26F2O3. The lowest BCUT2D eigenvalue weighted by molar-refractivity contribution is -0.205. The quantitative estimate of drug-likeness (QED) is 0.627. The first kappa shape index (κ1) is 19.9. The predicted molar refractivity (Wildman–Crippen MR) is 100 cm³/mol. The third-order valence-corrected chi connectivity index (χ3v) is 4.89. The van der Waals surface area contributed by atoms with E-state index in [0.717, 1.165) is 24.8 Å². The average molecular weight is 376 g/mol. The molecule has 2 aromatic carbocycles. The first-order chi connectivity index (χ1) is 13.1. The van der Waals surface area contributed by atoms with E-state index in [1.54, 1.807) is 0 Å². The minimum absolute atomic E-state index is 0.0670. The van der Waals surface area contributed by atoms with Gasteiger partial charge in [0.1, 0.15) is 11.6 Å². The van der Waals surface area contributed by atoms with Crippen LogP contribution >= 0.6 is 0 Å². The molecule has 3 rings (SSSR count). The molecule has 1 saturated heterocycles. The Balaban J connectivity index is 1.83. The molecule has 0 atom stereocenters. The van der Waals surface area contributed by atoms with E-state index in [1.165, 1.54) is 19.2 Å². The monoisotopic (exact) mass is 376 g/mol. The van der Waals surface area contributed by atoms with Gasteiger partial charge in [0.25, 0.3) is 0 Å². The second-order valence-corrected chi connectivity index (χ2v) is 6.95. The summed E-state index contributed by atoms with van der Waals surface area (Å²) in [7, 11) is 1.41. The van der Waals surface area contributed by atoms with Gasteiger partial charge in [-0.15, -0.1) is 0 Å². The zero-order chi connectivity index (χ0) is 19.2. The van der Waals surface area contributed by atoms with Crippen molar-refractivity contribution in [1.82, 2.24) is 0 Å². The van der Waals surface area contributed by atoms with Crippen LogP contribution in [-0.2, 0) is 20.8 Å². The summed E-state index contributed by atoms with van der Waals surface area (Å²) in [6, 6.07) is 10.1. The Hall–Kier alpha value is -1.82. The van der Waals surface area contributed by atoms with E-state index < -0.39 is 17.9 Å². The van der Waals surface area contributed by atoms with E-state index in [9.17, 15) is 8.78 Å². The van der Waals surface area contributed by atoms with Crippen molar-refractivity contribution >= 4 is 0 Å². The topological polar surface area (TPSA) is 27.7 Å². The van der Waals surface area contributed by atoms with Gasteiger partial charge in [-0.3, -0.25) is 0 Å². The van der Waals surface area contributed by atoms with Crippen LogP contribution in [0.1, 0.15) is 43.6 Å². The van der Waals surface area contributed by atoms with Gasteiger partial charge in [-0.25, -0.2) is 8.78 Å². The summed E-state index contributed by atoms with van der Waals surface area (Å²) < 4.78 is 45.4. The highest BCUT2D eigenvalue weighted by molar-refractivity contribution is 5.68. The summed E-state index contributed by atoms with van der Waals surface area (Å²) in [6.07, 6.45) is 2.87. The second kappa shape index (κ2) is 9.40. The van der Waals surface area contributed by atoms with Crippen molar-refractivity contribution in [3.05, 3.63) is 59.2 Å². The van der Waals surface area contributed by atoms with E-state index in [0.29, 0.717) is 30.3 Å². The smallest absolute Gasteiger partial charge is 0.184 e. The fraction of sp³-hybridized carbons (Fsp3) is 0.455. The molecule has 5 heteroatoms. The number of hydrogen-bond acceptors (Lipinski definition) is 3. The molecule has 1 heterocycles. The van der Waals surface area contributed by atoms with Gasteiger partial charge in [0, 0.05) is 24.2 Å². The van der Waals surface area contributed by atoms with Gasteiger partial charge < -0.3 is 14.2 Å². The van der Waals surface area contributed by atoms with Crippen molar-refractivity contribution in [1.29, 1.82) is 0 Å². The van der Waals surface area contributed by atoms with Gasteiger partial charge >= 0.3 is 0 Å². The third-order valence-electron chi connectivity index (χ3n) is 4.89. The Morgan fingerprint density at radius 3 is 2.37 bits per heavy atom. The Bertz CT molecular complexity index is 732. The number of ether oxygens (including phenoxy) is 3. The van der Waals surface area contributed by atoms with Crippen LogP contribution in [0, 0.1) is 17.6 Å². The molecule has 0 bridgehead atoms. The summed E-state index contributed by atoms with van der Waals surface area (Å²) in [6.45, 7) is 3.33. The molecule has 0 aromatic heterocycles. The molecule has 27 heavy (non-hydrogen) atoms. The second-order valence-electron chi connectivity index (χ2n) is 6.95. The van der Waals surface area contributed by atoms with E-state index in [1.807, 2.05) is 24.3 Å². The summed E-state index contributed by atoms with van der Waals surface area (Å²) in [5.74, 6) is -0.838. The third kappa shape index (κ3) is 4.72. The van der Waals surface area contributed by atoms with Gasteiger partial charge in [0.05, 0.1) is 19.8 Å². The van der Waals surface area contributed by atoms with Gasteiger partial charge in [-0.05, 0) is 29.7 Å². The van der Waals surface area contributed by atoms with Crippen molar-refractivity contribution in [3.63, 3.8) is 0 Å². The van der Waals surface area contributed by atoms with Crippen LogP contribution in [0.25, 0.3) is 11.1 Å². The maximum atomic E-state index is 14.3. The number of benzene rings is 2. The molecule has 0 aliphatic carbocycles. The molecule has 0 saturated carbocycles. The Morgan fingerprint density at radius 2 is 1.74 bits per heavy atom. The average Bonchev–Trinajstić information content (AvgIpc) is 2.69. The zero-order valence-electron chi connectivity index (χ0n) is 15.8. The maximum Gasteiger partial charge on any atom is 0.184 e. The molecular weight excluding hydrogens is 350 g/mol. The largest absolute Gasteiger partial charge is 0.380 e. The lowest BCUT2D eigenvalue weighted by Crippen LogP contribution is -2.27. The van der Waals surface area contributed by atoms with Crippen LogP contribution in [0.15, 0.2) is 36.4 Å². The van der Waals surface area contributed by atoms with Gasteiger partial charge in [0.2, 0.25) is 0 Å². The Morgan fingerprint density at radius 1 is 1.07 bits per heavy atom. The molecule has 0 amide bonds. The van der Waals surface area contributed by atoms with Gasteiger partial charge in [-0.1, -0.05) is 44.0 Å². The summed E-state index contributed by atoms with van der Waals surface area (Å²) >= 11 is 0. The fourth-order valence-corrected chi connectivity index (χ4v) is 3.39. The minimum Gasteiger partial charge on any atom is -0.380 e. The standard InChI is InChI=1S/C22H26F2O3/c1-3-4-7-15-12-26-22(27-13-15)18-9-6-5-8-17(18)16-10-20(23)19(14-25-2)21(24)11-16/h5-6,8-11,15,22H,3-4,7,12-14H2,1-2H3/t15-,22-. The number of methoxy groups -OCH3 is 1. The van der Waals surface area contributed by atoms with E-state index in [-0.39, 0.29) is 12.2 Å². The van der Waals surface area contributed by atoms with Crippen molar-refractivity contribution in [3.8, 4) is 11.1 Å². The van der Waals surface area contributed by atoms with Crippen LogP contribution in [0.4, 0.5) is 8.78 Å². The van der Waals surface area contributed by atoms with Crippen molar-refractivity contribution in [2.24, 2.45) is 5.92 Å². The molecule has 0 radical (unpaired) electrons. The fourth-order valence-electron chi connectivity index (χ4n) is 3.39. The first-order valence-corrected chi connectivity index (χ1v) is 9.43.